The Bertz CT molecular complexity index is 711. The highest BCUT2D eigenvalue weighted by Gasteiger charge is 2.24. The topological polar surface area (TPSA) is 111 Å². The first-order valence-electron chi connectivity index (χ1n) is 7.43. The first-order valence-corrected chi connectivity index (χ1v) is 7.43. The highest BCUT2D eigenvalue weighted by Crippen LogP contribution is 2.19. The second kappa shape index (κ2) is 7.04. The molecule has 0 radical (unpaired) electrons. The number of carbonyl (C=O) groups excluding carboxylic acids is 2. The molecule has 0 aliphatic heterocycles. The SMILES string of the molecule is CC[C@@H](C)[C@H](NC(=O)c1cccc(-c2nnc(C)o2)c1)C(N)=O. The Morgan fingerprint density at radius 2 is 2.09 bits per heavy atom. The highest BCUT2D eigenvalue weighted by atomic mass is 16.4. The smallest absolute Gasteiger partial charge is 0.251 e. The number of hydrogen-bond acceptors (Lipinski definition) is 5. The first kappa shape index (κ1) is 16.7. The average molecular weight is 316 g/mol. The maximum atomic E-state index is 12.4. The van der Waals surface area contributed by atoms with Gasteiger partial charge in [0.1, 0.15) is 6.04 Å². The van der Waals surface area contributed by atoms with Crippen LogP contribution in [0.1, 0.15) is 36.5 Å². The molecule has 0 aliphatic rings. The number of nitrogens with zero attached hydrogens (tertiary/aromatic N) is 2. The summed E-state index contributed by atoms with van der Waals surface area (Å²) in [6.07, 6.45) is 0.731. The second-order valence-electron chi connectivity index (χ2n) is 5.45. The number of nitrogens with two attached hydrogens (primary N) is 1. The van der Waals surface area contributed by atoms with Gasteiger partial charge < -0.3 is 15.5 Å². The van der Waals surface area contributed by atoms with Crippen LogP contribution in [0.5, 0.6) is 0 Å². The minimum atomic E-state index is -0.707. The van der Waals surface area contributed by atoms with Crippen molar-refractivity contribution in [3.63, 3.8) is 0 Å². The summed E-state index contributed by atoms with van der Waals surface area (Å²) in [6.45, 7) is 5.50. The number of hydrogen-bond donors (Lipinski definition) is 2. The molecule has 3 N–H and O–H groups in total. The van der Waals surface area contributed by atoms with E-state index in [1.165, 1.54) is 0 Å². The van der Waals surface area contributed by atoms with Gasteiger partial charge in [0.2, 0.25) is 17.7 Å². The third-order valence-electron chi connectivity index (χ3n) is 3.70. The zero-order valence-corrected chi connectivity index (χ0v) is 13.4. The van der Waals surface area contributed by atoms with E-state index in [4.69, 9.17) is 10.2 Å². The molecule has 0 spiro atoms. The minimum absolute atomic E-state index is 0.0433. The number of aryl methyl sites for hydroxylation is 1. The van der Waals surface area contributed by atoms with Crippen molar-refractivity contribution in [3.8, 4) is 11.5 Å². The van der Waals surface area contributed by atoms with Gasteiger partial charge in [-0.1, -0.05) is 26.3 Å². The molecule has 2 aromatic rings. The Hall–Kier alpha value is -2.70. The molecule has 0 unspecified atom stereocenters. The average Bonchev–Trinajstić information content (AvgIpc) is 2.98. The van der Waals surface area contributed by atoms with E-state index in [-0.39, 0.29) is 11.8 Å². The monoisotopic (exact) mass is 316 g/mol. The molecule has 122 valence electrons. The van der Waals surface area contributed by atoms with Crippen LogP contribution in [0, 0.1) is 12.8 Å². The quantitative estimate of drug-likeness (QED) is 0.842. The van der Waals surface area contributed by atoms with E-state index >= 15 is 0 Å². The van der Waals surface area contributed by atoms with E-state index in [9.17, 15) is 9.59 Å². The molecular formula is C16H20N4O3. The van der Waals surface area contributed by atoms with Crippen molar-refractivity contribution in [2.24, 2.45) is 11.7 Å². The van der Waals surface area contributed by atoms with Crippen molar-refractivity contribution < 1.29 is 14.0 Å². The van der Waals surface area contributed by atoms with Gasteiger partial charge >= 0.3 is 0 Å². The van der Waals surface area contributed by atoms with Crippen molar-refractivity contribution in [3.05, 3.63) is 35.7 Å². The molecule has 1 aromatic carbocycles. The Kier molecular flexibility index (Phi) is 5.10. The van der Waals surface area contributed by atoms with Crippen LogP contribution >= 0.6 is 0 Å². The Balaban J connectivity index is 2.21. The molecule has 1 heterocycles. The predicted octanol–water partition coefficient (Wildman–Crippen LogP) is 1.67. The van der Waals surface area contributed by atoms with Gasteiger partial charge in [-0.2, -0.15) is 0 Å². The van der Waals surface area contributed by atoms with Gasteiger partial charge in [-0.05, 0) is 24.1 Å². The lowest BCUT2D eigenvalue weighted by atomic mass is 9.98. The van der Waals surface area contributed by atoms with Gasteiger partial charge in [0, 0.05) is 18.1 Å². The molecule has 7 heteroatoms. The minimum Gasteiger partial charge on any atom is -0.421 e. The molecule has 0 fully saturated rings. The van der Waals surface area contributed by atoms with E-state index in [0.29, 0.717) is 22.9 Å². The summed E-state index contributed by atoms with van der Waals surface area (Å²) in [7, 11) is 0. The highest BCUT2D eigenvalue weighted by molar-refractivity contribution is 5.98. The van der Waals surface area contributed by atoms with Gasteiger partial charge in [-0.3, -0.25) is 9.59 Å². The van der Waals surface area contributed by atoms with Crippen LogP contribution in [0.3, 0.4) is 0 Å². The lowest BCUT2D eigenvalue weighted by Gasteiger charge is -2.21. The first-order chi connectivity index (χ1) is 10.9. The zero-order chi connectivity index (χ0) is 17.0. The second-order valence-corrected chi connectivity index (χ2v) is 5.45. The van der Waals surface area contributed by atoms with Gasteiger partial charge in [-0.25, -0.2) is 0 Å². The number of aromatic nitrogens is 2. The molecule has 2 atom stereocenters. The van der Waals surface area contributed by atoms with Gasteiger partial charge in [0.15, 0.2) is 0 Å². The predicted molar refractivity (Wildman–Crippen MR) is 84.4 cm³/mol. The largest absolute Gasteiger partial charge is 0.421 e. The summed E-state index contributed by atoms with van der Waals surface area (Å²) in [6, 6.07) is 6.06. The summed E-state index contributed by atoms with van der Waals surface area (Å²) in [4.78, 5) is 23.9. The number of amides is 2. The summed E-state index contributed by atoms with van der Waals surface area (Å²) < 4.78 is 5.35. The van der Waals surface area contributed by atoms with E-state index in [1.807, 2.05) is 13.8 Å². The van der Waals surface area contributed by atoms with Crippen LogP contribution in [0.25, 0.3) is 11.5 Å². The maximum absolute atomic E-state index is 12.4. The third kappa shape index (κ3) is 3.94. The maximum Gasteiger partial charge on any atom is 0.251 e. The lowest BCUT2D eigenvalue weighted by Crippen LogP contribution is -2.48. The molecule has 7 nitrogen and oxygen atoms in total. The number of benzene rings is 1. The molecular weight excluding hydrogens is 296 g/mol. The number of nitrogens with one attached hydrogen (secondary N) is 1. The van der Waals surface area contributed by atoms with Crippen LogP contribution in [-0.4, -0.2) is 28.1 Å². The molecule has 2 amide bonds. The summed E-state index contributed by atoms with van der Waals surface area (Å²) in [5.74, 6) is -0.173. The zero-order valence-electron chi connectivity index (χ0n) is 13.4. The number of rotatable bonds is 6. The fourth-order valence-electron chi connectivity index (χ4n) is 2.16. The molecule has 1 aromatic heterocycles. The summed E-state index contributed by atoms with van der Waals surface area (Å²) in [5.41, 5.74) is 6.41. The van der Waals surface area contributed by atoms with E-state index in [0.717, 1.165) is 6.42 Å². The van der Waals surface area contributed by atoms with Gasteiger partial charge in [0.05, 0.1) is 0 Å². The van der Waals surface area contributed by atoms with Crippen LogP contribution in [-0.2, 0) is 4.79 Å². The van der Waals surface area contributed by atoms with E-state index < -0.39 is 11.9 Å². The van der Waals surface area contributed by atoms with Crippen molar-refractivity contribution in [2.75, 3.05) is 0 Å². The molecule has 23 heavy (non-hydrogen) atoms. The van der Waals surface area contributed by atoms with E-state index in [2.05, 4.69) is 15.5 Å². The van der Waals surface area contributed by atoms with Gasteiger partial charge in [-0.15, -0.1) is 10.2 Å². The van der Waals surface area contributed by atoms with E-state index in [1.54, 1.807) is 31.2 Å². The van der Waals surface area contributed by atoms with Crippen molar-refractivity contribution in [2.45, 2.75) is 33.2 Å². The Morgan fingerprint density at radius 1 is 1.35 bits per heavy atom. The van der Waals surface area contributed by atoms with Crippen molar-refractivity contribution in [1.82, 2.24) is 15.5 Å². The number of carbonyl (C=O) groups is 2. The normalized spacial score (nSPS) is 13.3. The Labute approximate surface area is 134 Å². The lowest BCUT2D eigenvalue weighted by molar-refractivity contribution is -0.120. The third-order valence-corrected chi connectivity index (χ3v) is 3.70. The molecule has 2 rings (SSSR count). The molecule has 0 saturated heterocycles. The Morgan fingerprint density at radius 3 is 2.65 bits per heavy atom. The molecule has 0 aliphatic carbocycles. The fourth-order valence-corrected chi connectivity index (χ4v) is 2.16. The van der Waals surface area contributed by atoms with Crippen LogP contribution < -0.4 is 11.1 Å². The molecule has 0 bridgehead atoms. The van der Waals surface area contributed by atoms with Gasteiger partial charge in [0.25, 0.3) is 5.91 Å². The van der Waals surface area contributed by atoms with Crippen LogP contribution in [0.4, 0.5) is 0 Å². The fraction of sp³-hybridized carbons (Fsp3) is 0.375. The van der Waals surface area contributed by atoms with Crippen molar-refractivity contribution >= 4 is 11.8 Å². The van der Waals surface area contributed by atoms with Crippen LogP contribution in [0.2, 0.25) is 0 Å². The summed E-state index contributed by atoms with van der Waals surface area (Å²) in [5, 5.41) is 10.4. The number of primary amides is 1. The summed E-state index contributed by atoms with van der Waals surface area (Å²) >= 11 is 0. The standard InChI is InChI=1S/C16H20N4O3/c1-4-9(2)13(14(17)21)18-15(22)11-6-5-7-12(8-11)16-20-19-10(3)23-16/h5-9,13H,4H2,1-3H3,(H2,17,21)(H,18,22)/t9-,13+/m1/s1. The molecule has 0 saturated carbocycles. The van der Waals surface area contributed by atoms with Crippen molar-refractivity contribution in [1.29, 1.82) is 0 Å². The van der Waals surface area contributed by atoms with Crippen LogP contribution in [0.15, 0.2) is 28.7 Å².